The van der Waals surface area contributed by atoms with Crippen LogP contribution in [0.1, 0.15) is 18.9 Å². The van der Waals surface area contributed by atoms with Gasteiger partial charge in [-0.1, -0.05) is 36.9 Å². The maximum Gasteiger partial charge on any atom is 0.101 e. The van der Waals surface area contributed by atoms with Gasteiger partial charge in [0.2, 0.25) is 0 Å². The average molecular weight is 258 g/mol. The van der Waals surface area contributed by atoms with E-state index in [0.29, 0.717) is 0 Å². The Hall–Kier alpha value is -1.32. The third-order valence-corrected chi connectivity index (χ3v) is 3.76. The number of pyridine rings is 1. The van der Waals surface area contributed by atoms with Gasteiger partial charge >= 0.3 is 0 Å². The van der Waals surface area contributed by atoms with Crippen LogP contribution in [0.15, 0.2) is 58.6 Å². The van der Waals surface area contributed by atoms with Crippen molar-refractivity contribution in [3.05, 3.63) is 54.2 Å². The number of aromatic nitrogens is 1. The first kappa shape index (κ1) is 13.1. The van der Waals surface area contributed by atoms with E-state index in [1.807, 2.05) is 24.4 Å². The van der Waals surface area contributed by atoms with Gasteiger partial charge < -0.3 is 5.73 Å². The van der Waals surface area contributed by atoms with Crippen LogP contribution in [0.4, 0.5) is 0 Å². The SMILES string of the molecule is CCC(N)Cc1ccc(Sc2ccccn2)cc1. The summed E-state index contributed by atoms with van der Waals surface area (Å²) in [5.41, 5.74) is 7.25. The van der Waals surface area contributed by atoms with Crippen LogP contribution in [0.3, 0.4) is 0 Å². The summed E-state index contributed by atoms with van der Waals surface area (Å²) in [5.74, 6) is 0. The molecule has 0 radical (unpaired) electrons. The molecule has 2 rings (SSSR count). The van der Waals surface area contributed by atoms with Crippen LogP contribution < -0.4 is 5.73 Å². The van der Waals surface area contributed by atoms with Crippen molar-refractivity contribution in [3.8, 4) is 0 Å². The van der Waals surface area contributed by atoms with Gasteiger partial charge in [-0.2, -0.15) is 0 Å². The van der Waals surface area contributed by atoms with E-state index in [4.69, 9.17) is 5.73 Å². The Balaban J connectivity index is 2.00. The first-order valence-corrected chi connectivity index (χ1v) is 7.03. The van der Waals surface area contributed by atoms with E-state index in [9.17, 15) is 0 Å². The van der Waals surface area contributed by atoms with Gasteiger partial charge in [-0.3, -0.25) is 0 Å². The van der Waals surface area contributed by atoms with Gasteiger partial charge in [0.05, 0.1) is 0 Å². The van der Waals surface area contributed by atoms with Crippen molar-refractivity contribution in [1.29, 1.82) is 0 Å². The molecule has 1 atom stereocenters. The summed E-state index contributed by atoms with van der Waals surface area (Å²) in [6, 6.07) is 14.8. The van der Waals surface area contributed by atoms with E-state index in [0.717, 1.165) is 17.9 Å². The van der Waals surface area contributed by atoms with Crippen molar-refractivity contribution in [1.82, 2.24) is 4.98 Å². The molecule has 0 amide bonds. The van der Waals surface area contributed by atoms with Crippen LogP contribution in [0.2, 0.25) is 0 Å². The average Bonchev–Trinajstić information content (AvgIpc) is 2.42. The first-order chi connectivity index (χ1) is 8.78. The van der Waals surface area contributed by atoms with Gasteiger partial charge in [-0.25, -0.2) is 4.98 Å². The van der Waals surface area contributed by atoms with Crippen molar-refractivity contribution in [2.24, 2.45) is 5.73 Å². The Bertz CT molecular complexity index is 468. The van der Waals surface area contributed by atoms with E-state index < -0.39 is 0 Å². The molecule has 1 unspecified atom stereocenters. The topological polar surface area (TPSA) is 38.9 Å². The van der Waals surface area contributed by atoms with Crippen molar-refractivity contribution in [2.45, 2.75) is 35.7 Å². The maximum absolute atomic E-state index is 5.95. The van der Waals surface area contributed by atoms with Crippen molar-refractivity contribution < 1.29 is 0 Å². The lowest BCUT2D eigenvalue weighted by molar-refractivity contribution is 0.646. The second-order valence-electron chi connectivity index (χ2n) is 4.29. The molecule has 1 aromatic heterocycles. The highest BCUT2D eigenvalue weighted by Crippen LogP contribution is 2.25. The quantitative estimate of drug-likeness (QED) is 0.892. The highest BCUT2D eigenvalue weighted by atomic mass is 32.2. The summed E-state index contributed by atoms with van der Waals surface area (Å²) in [7, 11) is 0. The van der Waals surface area contributed by atoms with Crippen LogP contribution >= 0.6 is 11.8 Å². The predicted octanol–water partition coefficient (Wildman–Crippen LogP) is 3.51. The molecule has 0 aliphatic heterocycles. The monoisotopic (exact) mass is 258 g/mol. The fourth-order valence-electron chi connectivity index (χ4n) is 1.67. The van der Waals surface area contributed by atoms with Crippen LogP contribution in [-0.4, -0.2) is 11.0 Å². The van der Waals surface area contributed by atoms with Gasteiger partial charge in [0.25, 0.3) is 0 Å². The van der Waals surface area contributed by atoms with E-state index in [1.165, 1.54) is 10.5 Å². The van der Waals surface area contributed by atoms with Crippen LogP contribution in [0, 0.1) is 0 Å². The highest BCUT2D eigenvalue weighted by molar-refractivity contribution is 7.99. The third-order valence-electron chi connectivity index (χ3n) is 2.81. The largest absolute Gasteiger partial charge is 0.327 e. The molecular weight excluding hydrogens is 240 g/mol. The summed E-state index contributed by atoms with van der Waals surface area (Å²) >= 11 is 1.68. The normalized spacial score (nSPS) is 12.3. The Morgan fingerprint density at radius 3 is 2.56 bits per heavy atom. The standard InChI is InChI=1S/C15H18N2S/c1-2-13(16)11-12-6-8-14(9-7-12)18-15-5-3-4-10-17-15/h3-10,13H,2,11,16H2,1H3. The molecule has 18 heavy (non-hydrogen) atoms. The minimum atomic E-state index is 0.263. The minimum Gasteiger partial charge on any atom is -0.327 e. The van der Waals surface area contributed by atoms with Crippen LogP contribution in [0.5, 0.6) is 0 Å². The molecule has 0 saturated heterocycles. The number of nitrogens with zero attached hydrogens (tertiary/aromatic N) is 1. The molecule has 94 valence electrons. The number of hydrogen-bond acceptors (Lipinski definition) is 3. The summed E-state index contributed by atoms with van der Waals surface area (Å²) in [6.45, 7) is 2.12. The van der Waals surface area contributed by atoms with Crippen molar-refractivity contribution in [3.63, 3.8) is 0 Å². The van der Waals surface area contributed by atoms with Gasteiger partial charge in [-0.15, -0.1) is 0 Å². The summed E-state index contributed by atoms with van der Waals surface area (Å²) in [4.78, 5) is 5.51. The Labute approximate surface area is 113 Å². The van der Waals surface area contributed by atoms with Crippen molar-refractivity contribution >= 4 is 11.8 Å². The smallest absolute Gasteiger partial charge is 0.101 e. The fraction of sp³-hybridized carbons (Fsp3) is 0.267. The number of benzene rings is 1. The van der Waals surface area contributed by atoms with E-state index in [-0.39, 0.29) is 6.04 Å². The third kappa shape index (κ3) is 3.86. The van der Waals surface area contributed by atoms with Gasteiger partial charge in [0, 0.05) is 17.1 Å². The lowest BCUT2D eigenvalue weighted by atomic mass is 10.1. The summed E-state index contributed by atoms with van der Waals surface area (Å²) in [6.07, 6.45) is 3.78. The number of nitrogens with two attached hydrogens (primary N) is 1. The van der Waals surface area contributed by atoms with Gasteiger partial charge in [0.1, 0.15) is 5.03 Å². The molecule has 1 aromatic carbocycles. The van der Waals surface area contributed by atoms with E-state index >= 15 is 0 Å². The first-order valence-electron chi connectivity index (χ1n) is 6.21. The summed E-state index contributed by atoms with van der Waals surface area (Å²) < 4.78 is 0. The zero-order chi connectivity index (χ0) is 12.8. The molecule has 0 bridgehead atoms. The zero-order valence-electron chi connectivity index (χ0n) is 10.5. The lowest BCUT2D eigenvalue weighted by Crippen LogP contribution is -2.21. The molecule has 2 nitrogen and oxygen atoms in total. The zero-order valence-corrected chi connectivity index (χ0v) is 11.4. The highest BCUT2D eigenvalue weighted by Gasteiger charge is 2.02. The molecule has 0 saturated carbocycles. The Morgan fingerprint density at radius 1 is 1.17 bits per heavy atom. The van der Waals surface area contributed by atoms with Crippen LogP contribution in [0.25, 0.3) is 0 Å². The molecule has 1 heterocycles. The lowest BCUT2D eigenvalue weighted by Gasteiger charge is -2.09. The summed E-state index contributed by atoms with van der Waals surface area (Å²) in [5, 5.41) is 1.02. The molecule has 0 aliphatic carbocycles. The molecular formula is C15H18N2S. The second kappa shape index (κ2) is 6.57. The molecule has 2 N–H and O–H groups in total. The Kier molecular flexibility index (Phi) is 4.79. The molecule has 3 heteroatoms. The number of hydrogen-bond donors (Lipinski definition) is 1. The Morgan fingerprint density at radius 2 is 1.94 bits per heavy atom. The molecule has 0 spiro atoms. The molecule has 0 aliphatic rings. The van der Waals surface area contributed by atoms with Gasteiger partial charge in [0.15, 0.2) is 0 Å². The van der Waals surface area contributed by atoms with Crippen LogP contribution in [-0.2, 0) is 6.42 Å². The molecule has 0 fully saturated rings. The predicted molar refractivity (Wildman–Crippen MR) is 76.8 cm³/mol. The second-order valence-corrected chi connectivity index (χ2v) is 5.38. The van der Waals surface area contributed by atoms with Gasteiger partial charge in [-0.05, 0) is 42.7 Å². The van der Waals surface area contributed by atoms with Crippen molar-refractivity contribution in [2.75, 3.05) is 0 Å². The minimum absolute atomic E-state index is 0.263. The maximum atomic E-state index is 5.95. The van der Waals surface area contributed by atoms with E-state index in [2.05, 4.69) is 36.2 Å². The fourth-order valence-corrected chi connectivity index (χ4v) is 2.44. The number of rotatable bonds is 5. The van der Waals surface area contributed by atoms with E-state index in [1.54, 1.807) is 11.8 Å². The molecule has 2 aromatic rings.